The highest BCUT2D eigenvalue weighted by molar-refractivity contribution is 7.15. The third-order valence-corrected chi connectivity index (χ3v) is 6.66. The van der Waals surface area contributed by atoms with E-state index in [0.717, 1.165) is 17.0 Å². The number of rotatable bonds is 4. The molecule has 0 unspecified atom stereocenters. The number of aromatic hydroxyl groups is 1. The van der Waals surface area contributed by atoms with Crippen LogP contribution in [0.1, 0.15) is 10.4 Å². The molecule has 35 heavy (non-hydrogen) atoms. The number of fused-ring (bicyclic) bond motifs is 1. The summed E-state index contributed by atoms with van der Waals surface area (Å²) in [6.45, 7) is 0.232. The Morgan fingerprint density at radius 3 is 2.43 bits per heavy atom. The molecular formula is C25H16ClF3N3O2S+. The van der Waals surface area contributed by atoms with Crippen LogP contribution in [0.15, 0.2) is 83.9 Å². The van der Waals surface area contributed by atoms with Crippen LogP contribution in [0.4, 0.5) is 13.2 Å². The van der Waals surface area contributed by atoms with Crippen molar-refractivity contribution in [1.29, 1.82) is 0 Å². The summed E-state index contributed by atoms with van der Waals surface area (Å²) >= 11 is 7.23. The summed E-state index contributed by atoms with van der Waals surface area (Å²) in [6.07, 6.45) is -1.22. The fourth-order valence-corrected chi connectivity index (χ4v) is 4.88. The van der Waals surface area contributed by atoms with Crippen molar-refractivity contribution in [3.8, 4) is 28.1 Å². The summed E-state index contributed by atoms with van der Waals surface area (Å²) in [7, 11) is 0. The van der Waals surface area contributed by atoms with Crippen LogP contribution in [0, 0.1) is 0 Å². The zero-order valence-electron chi connectivity index (χ0n) is 17.8. The van der Waals surface area contributed by atoms with Gasteiger partial charge < -0.3 is 5.11 Å². The predicted octanol–water partition coefficient (Wildman–Crippen LogP) is 5.80. The molecule has 0 saturated heterocycles. The number of halogens is 4. The first-order valence-corrected chi connectivity index (χ1v) is 11.6. The molecule has 1 N–H and O–H groups in total. The summed E-state index contributed by atoms with van der Waals surface area (Å²) in [5, 5.41) is 11.3. The maximum atomic E-state index is 13.4. The number of alkyl halides is 3. The van der Waals surface area contributed by atoms with Crippen LogP contribution >= 0.6 is 22.9 Å². The van der Waals surface area contributed by atoms with Gasteiger partial charge in [-0.25, -0.2) is 9.78 Å². The lowest BCUT2D eigenvalue weighted by atomic mass is 9.99. The van der Waals surface area contributed by atoms with Crippen LogP contribution < -0.4 is 10.1 Å². The summed E-state index contributed by atoms with van der Waals surface area (Å²) in [4.78, 5) is 18.2. The van der Waals surface area contributed by atoms with Crippen molar-refractivity contribution in [2.24, 2.45) is 0 Å². The van der Waals surface area contributed by atoms with Crippen molar-refractivity contribution < 1.29 is 22.8 Å². The van der Waals surface area contributed by atoms with E-state index in [9.17, 15) is 23.1 Å². The van der Waals surface area contributed by atoms with E-state index in [1.807, 2.05) is 0 Å². The van der Waals surface area contributed by atoms with Crippen LogP contribution in [0.2, 0.25) is 4.47 Å². The molecule has 0 aliphatic heterocycles. The van der Waals surface area contributed by atoms with Crippen LogP contribution in [-0.2, 0) is 12.7 Å². The van der Waals surface area contributed by atoms with Crippen molar-refractivity contribution in [3.05, 3.63) is 104 Å². The van der Waals surface area contributed by atoms with Gasteiger partial charge in [0, 0.05) is 12.3 Å². The molecule has 0 spiro atoms. The lowest BCUT2D eigenvalue weighted by Crippen LogP contribution is -2.41. The fraction of sp³-hybridized carbons (Fsp3) is 0.0800. The minimum Gasteiger partial charge on any atom is -0.477 e. The first-order valence-electron chi connectivity index (χ1n) is 10.4. The molecule has 5 nitrogen and oxygen atoms in total. The minimum absolute atomic E-state index is 0.0677. The van der Waals surface area contributed by atoms with E-state index in [0.29, 0.717) is 26.8 Å². The van der Waals surface area contributed by atoms with Crippen LogP contribution in [0.5, 0.6) is 5.88 Å². The first-order chi connectivity index (χ1) is 16.7. The third-order valence-electron chi connectivity index (χ3n) is 5.56. The highest BCUT2D eigenvalue weighted by Crippen LogP contribution is 2.33. The average molecular weight is 515 g/mol. The van der Waals surface area contributed by atoms with Gasteiger partial charge in [0.05, 0.1) is 16.6 Å². The SMILES string of the molecule is O=c1c(-c2cccc(-c3ccc(C(F)(F)F)cc3)c2)c(O)[n+](Cc2cnc(Cl)s2)c2ccccn12. The van der Waals surface area contributed by atoms with Crippen molar-refractivity contribution in [1.82, 2.24) is 9.38 Å². The van der Waals surface area contributed by atoms with E-state index in [4.69, 9.17) is 11.6 Å². The van der Waals surface area contributed by atoms with Crippen LogP contribution in [0.25, 0.3) is 27.9 Å². The maximum absolute atomic E-state index is 13.4. The number of pyridine rings is 1. The third kappa shape index (κ3) is 4.40. The Balaban J connectivity index is 1.65. The zero-order chi connectivity index (χ0) is 24.7. The molecule has 10 heteroatoms. The molecule has 0 bridgehead atoms. The maximum Gasteiger partial charge on any atom is 0.416 e. The van der Waals surface area contributed by atoms with E-state index in [2.05, 4.69) is 4.98 Å². The van der Waals surface area contributed by atoms with Crippen molar-refractivity contribution in [2.75, 3.05) is 0 Å². The van der Waals surface area contributed by atoms with Crippen molar-refractivity contribution in [2.45, 2.75) is 12.7 Å². The molecule has 5 aromatic rings. The predicted molar refractivity (Wildman–Crippen MR) is 128 cm³/mol. The molecule has 5 rings (SSSR count). The Bertz CT molecular complexity index is 1610. The molecular weight excluding hydrogens is 499 g/mol. The molecule has 3 aromatic heterocycles. The molecule has 0 aliphatic carbocycles. The number of nitrogens with zero attached hydrogens (tertiary/aromatic N) is 3. The fourth-order valence-electron chi connectivity index (χ4n) is 3.91. The Hall–Kier alpha value is -3.69. The number of benzene rings is 2. The van der Waals surface area contributed by atoms with Crippen LogP contribution in [0.3, 0.4) is 0 Å². The van der Waals surface area contributed by atoms with Gasteiger partial charge in [0.25, 0.3) is 11.5 Å². The molecule has 0 aliphatic rings. The van der Waals surface area contributed by atoms with Crippen LogP contribution in [-0.4, -0.2) is 14.5 Å². The van der Waals surface area contributed by atoms with E-state index >= 15 is 0 Å². The van der Waals surface area contributed by atoms with Gasteiger partial charge in [0.2, 0.25) is 0 Å². The lowest BCUT2D eigenvalue weighted by molar-refractivity contribution is -0.671. The molecule has 3 heterocycles. The monoisotopic (exact) mass is 514 g/mol. The Labute approximate surface area is 206 Å². The van der Waals surface area contributed by atoms with Gasteiger partial charge in [-0.15, -0.1) is 11.3 Å². The first kappa shape index (κ1) is 23.1. The highest BCUT2D eigenvalue weighted by Gasteiger charge is 2.30. The van der Waals surface area contributed by atoms with Crippen molar-refractivity contribution >= 4 is 28.6 Å². The average Bonchev–Trinajstić information content (AvgIpc) is 3.26. The molecule has 2 aromatic carbocycles. The number of aromatic nitrogens is 3. The van der Waals surface area contributed by atoms with Crippen molar-refractivity contribution in [3.63, 3.8) is 0 Å². The van der Waals surface area contributed by atoms with E-state index < -0.39 is 17.3 Å². The summed E-state index contributed by atoms with van der Waals surface area (Å²) in [5.41, 5.74) is 0.953. The number of thiazole rings is 1. The normalized spacial score (nSPS) is 11.8. The standard InChI is InChI=1S/C25H15ClF3N3O2S/c26-24-30-13-19(35-24)14-32-20-6-1-2-11-31(20)22(33)21(23(32)34)17-5-3-4-16(12-17)15-7-9-18(10-8-15)25(27,28)29/h1-13H,14H2/p+1. The van der Waals surface area contributed by atoms with Gasteiger partial charge in [-0.05, 0) is 41.0 Å². The molecule has 0 radical (unpaired) electrons. The summed E-state index contributed by atoms with van der Waals surface area (Å²) in [5.74, 6) is -0.240. The zero-order valence-corrected chi connectivity index (χ0v) is 19.4. The second kappa shape index (κ2) is 8.83. The topological polar surface area (TPSA) is 58.5 Å². The van der Waals surface area contributed by atoms with Gasteiger partial charge in [-0.1, -0.05) is 48.0 Å². The smallest absolute Gasteiger partial charge is 0.416 e. The molecule has 0 saturated carbocycles. The van der Waals surface area contributed by atoms with Gasteiger partial charge in [-0.3, -0.25) is 0 Å². The minimum atomic E-state index is -4.43. The second-order valence-corrected chi connectivity index (χ2v) is 9.45. The van der Waals surface area contributed by atoms with E-state index in [-0.39, 0.29) is 18.0 Å². The van der Waals surface area contributed by atoms with E-state index in [1.165, 1.54) is 27.9 Å². The van der Waals surface area contributed by atoms with Gasteiger partial charge in [-0.2, -0.15) is 22.1 Å². The highest BCUT2D eigenvalue weighted by atomic mass is 35.5. The quantitative estimate of drug-likeness (QED) is 0.308. The number of hydrogen-bond donors (Lipinski definition) is 1. The summed E-state index contributed by atoms with van der Waals surface area (Å²) < 4.78 is 42.2. The molecule has 0 atom stereocenters. The Morgan fingerprint density at radius 2 is 1.74 bits per heavy atom. The van der Waals surface area contributed by atoms with E-state index in [1.54, 1.807) is 59.4 Å². The van der Waals surface area contributed by atoms with Gasteiger partial charge in [0.15, 0.2) is 10.0 Å². The molecule has 0 fully saturated rings. The molecule has 176 valence electrons. The largest absolute Gasteiger partial charge is 0.477 e. The number of hydrogen-bond acceptors (Lipinski definition) is 4. The summed E-state index contributed by atoms with van der Waals surface area (Å²) in [6, 6.07) is 16.7. The Morgan fingerprint density at radius 1 is 1.00 bits per heavy atom. The van der Waals surface area contributed by atoms with Gasteiger partial charge >= 0.3 is 11.7 Å². The lowest BCUT2D eigenvalue weighted by Gasteiger charge is -2.11. The second-order valence-electron chi connectivity index (χ2n) is 7.75. The molecule has 0 amide bonds. The Kier molecular flexibility index (Phi) is 5.82. The van der Waals surface area contributed by atoms with Gasteiger partial charge in [0.1, 0.15) is 6.54 Å².